The number of rotatable bonds is 5. The van der Waals surface area contributed by atoms with Gasteiger partial charge in [-0.25, -0.2) is 0 Å². The molecule has 1 heterocycles. The second-order valence-corrected chi connectivity index (χ2v) is 13.0. The Morgan fingerprint density at radius 3 is 1.53 bits per heavy atom. The maximum Gasteiger partial charge on any atom is 0.153 e. The number of para-hydroxylation sites is 3. The van der Waals surface area contributed by atoms with Crippen molar-refractivity contribution < 1.29 is 4.74 Å². The smallest absolute Gasteiger partial charge is 0.153 e. The molecule has 0 spiro atoms. The van der Waals surface area contributed by atoms with E-state index in [0.717, 1.165) is 45.6 Å². The van der Waals surface area contributed by atoms with E-state index in [1.54, 1.807) is 0 Å². The number of ether oxygens (including phenoxy) is 1. The highest BCUT2D eigenvalue weighted by atomic mass is 16.5. The molecule has 0 aromatic heterocycles. The third-order valence-corrected chi connectivity index (χ3v) is 10.0. The van der Waals surface area contributed by atoms with Gasteiger partial charge in [0.2, 0.25) is 0 Å². The third kappa shape index (κ3) is 4.90. The van der Waals surface area contributed by atoms with Crippen molar-refractivity contribution in [2.45, 2.75) is 0 Å². The molecule has 240 valence electrons. The molecule has 3 heteroatoms. The van der Waals surface area contributed by atoms with Crippen LogP contribution in [0.4, 0.5) is 34.1 Å². The van der Waals surface area contributed by atoms with E-state index in [9.17, 15) is 0 Å². The molecule has 9 aromatic rings. The molecule has 9 aromatic carbocycles. The lowest BCUT2D eigenvalue weighted by Gasteiger charge is -2.34. The lowest BCUT2D eigenvalue weighted by atomic mass is 9.94. The number of fused-ring (bicyclic) bond motifs is 8. The van der Waals surface area contributed by atoms with Gasteiger partial charge in [0.15, 0.2) is 11.5 Å². The molecule has 10 rings (SSSR count). The van der Waals surface area contributed by atoms with Gasteiger partial charge in [0.25, 0.3) is 0 Å². The highest BCUT2D eigenvalue weighted by Gasteiger charge is 2.27. The number of hydrogen-bond donors (Lipinski definition) is 0. The van der Waals surface area contributed by atoms with Crippen LogP contribution >= 0.6 is 0 Å². The molecule has 0 bridgehead atoms. The third-order valence-electron chi connectivity index (χ3n) is 10.0. The van der Waals surface area contributed by atoms with Gasteiger partial charge in [-0.3, -0.25) is 0 Å². The summed E-state index contributed by atoms with van der Waals surface area (Å²) in [7, 11) is 0. The normalized spacial score (nSPS) is 12.0. The topological polar surface area (TPSA) is 15.7 Å². The van der Waals surface area contributed by atoms with Crippen LogP contribution in [0.2, 0.25) is 0 Å². The minimum absolute atomic E-state index is 0.804. The van der Waals surface area contributed by atoms with Gasteiger partial charge in [0, 0.05) is 28.8 Å². The van der Waals surface area contributed by atoms with Crippen molar-refractivity contribution in [3.8, 4) is 22.6 Å². The van der Waals surface area contributed by atoms with Crippen molar-refractivity contribution in [2.75, 3.05) is 9.80 Å². The average molecular weight is 653 g/mol. The molecule has 0 radical (unpaired) electrons. The van der Waals surface area contributed by atoms with Crippen LogP contribution in [0.25, 0.3) is 43.4 Å². The molecule has 0 N–H and O–H groups in total. The highest BCUT2D eigenvalue weighted by Crippen LogP contribution is 2.52. The molecule has 0 fully saturated rings. The molecule has 0 saturated heterocycles. The zero-order valence-electron chi connectivity index (χ0n) is 27.8. The van der Waals surface area contributed by atoms with Crippen molar-refractivity contribution in [3.05, 3.63) is 194 Å². The Balaban J connectivity index is 1.17. The molecule has 51 heavy (non-hydrogen) atoms. The number of hydrogen-bond acceptors (Lipinski definition) is 3. The molecule has 0 amide bonds. The maximum absolute atomic E-state index is 6.68. The molecule has 3 nitrogen and oxygen atoms in total. The molecule has 0 aliphatic carbocycles. The Morgan fingerprint density at radius 1 is 0.333 bits per heavy atom. The van der Waals surface area contributed by atoms with Crippen molar-refractivity contribution in [1.82, 2.24) is 0 Å². The summed E-state index contributed by atoms with van der Waals surface area (Å²) >= 11 is 0. The van der Waals surface area contributed by atoms with Gasteiger partial charge in [0.05, 0.1) is 11.4 Å². The van der Waals surface area contributed by atoms with Crippen molar-refractivity contribution in [3.63, 3.8) is 0 Å². The summed E-state index contributed by atoms with van der Waals surface area (Å²) in [5.74, 6) is 1.63. The van der Waals surface area contributed by atoms with E-state index >= 15 is 0 Å². The van der Waals surface area contributed by atoms with Crippen LogP contribution in [0.5, 0.6) is 11.5 Å². The molecular formula is C48H32N2O. The van der Waals surface area contributed by atoms with E-state index in [0.29, 0.717) is 0 Å². The highest BCUT2D eigenvalue weighted by molar-refractivity contribution is 6.25. The Hall–Kier alpha value is -6.84. The maximum atomic E-state index is 6.68. The van der Waals surface area contributed by atoms with Crippen LogP contribution < -0.4 is 14.5 Å². The van der Waals surface area contributed by atoms with Crippen LogP contribution in [0.1, 0.15) is 0 Å². The second kappa shape index (κ2) is 11.9. The van der Waals surface area contributed by atoms with E-state index in [1.807, 2.05) is 12.1 Å². The van der Waals surface area contributed by atoms with Crippen molar-refractivity contribution in [1.29, 1.82) is 0 Å². The predicted octanol–water partition coefficient (Wildman–Crippen LogP) is 13.9. The Kier molecular flexibility index (Phi) is 6.81. The minimum Gasteiger partial charge on any atom is -0.453 e. The number of nitrogens with zero attached hydrogens (tertiary/aromatic N) is 2. The van der Waals surface area contributed by atoms with Crippen LogP contribution in [-0.4, -0.2) is 0 Å². The summed E-state index contributed by atoms with van der Waals surface area (Å²) in [6.45, 7) is 0. The zero-order chi connectivity index (χ0) is 33.7. The average Bonchev–Trinajstić information content (AvgIpc) is 3.21. The summed E-state index contributed by atoms with van der Waals surface area (Å²) in [4.78, 5) is 4.62. The van der Waals surface area contributed by atoms with E-state index in [4.69, 9.17) is 4.74 Å². The first-order chi connectivity index (χ1) is 25.3. The van der Waals surface area contributed by atoms with Gasteiger partial charge in [0.1, 0.15) is 0 Å². The molecule has 0 saturated carbocycles. The Morgan fingerprint density at radius 2 is 0.824 bits per heavy atom. The first-order valence-corrected chi connectivity index (χ1v) is 17.4. The second-order valence-electron chi connectivity index (χ2n) is 13.0. The predicted molar refractivity (Wildman–Crippen MR) is 214 cm³/mol. The number of benzene rings is 9. The Labute approximate surface area is 296 Å². The minimum atomic E-state index is 0.804. The fourth-order valence-electron chi connectivity index (χ4n) is 7.66. The first-order valence-electron chi connectivity index (χ1n) is 17.4. The zero-order valence-corrected chi connectivity index (χ0v) is 27.8. The lowest BCUT2D eigenvalue weighted by Crippen LogP contribution is -2.16. The summed E-state index contributed by atoms with van der Waals surface area (Å²) in [6.07, 6.45) is 0. The summed E-state index contributed by atoms with van der Waals surface area (Å²) in [6, 6.07) is 69.1. The first kappa shape index (κ1) is 29.1. The van der Waals surface area contributed by atoms with Gasteiger partial charge in [-0.1, -0.05) is 127 Å². The lowest BCUT2D eigenvalue weighted by molar-refractivity contribution is 0.477. The van der Waals surface area contributed by atoms with Crippen LogP contribution in [0.15, 0.2) is 194 Å². The monoisotopic (exact) mass is 652 g/mol. The van der Waals surface area contributed by atoms with Gasteiger partial charge < -0.3 is 14.5 Å². The standard InChI is InChI=1S/C48H32N2O/c1-3-13-33(14-4-1)34-23-25-36(26-24-34)49(37-27-29-43-41-19-8-7-17-39(41)40-18-9-10-20-42(40)44(43)31-37)38-28-30-46-48(32-38)51-47-22-12-11-21-45(47)50(46)35-15-5-2-6-16-35/h1-32H. The van der Waals surface area contributed by atoms with Crippen molar-refractivity contribution in [2.24, 2.45) is 0 Å². The SMILES string of the molecule is c1ccc(-c2ccc(N(c3ccc4c(c3)Oc3ccccc3N4c3ccccc3)c3ccc4c5ccccc5c5ccccc5c4c3)cc2)cc1. The van der Waals surface area contributed by atoms with E-state index in [-0.39, 0.29) is 0 Å². The number of anilines is 6. The van der Waals surface area contributed by atoms with Crippen LogP contribution in [0, 0.1) is 0 Å². The van der Waals surface area contributed by atoms with Crippen LogP contribution in [-0.2, 0) is 0 Å². The van der Waals surface area contributed by atoms with E-state index in [2.05, 4.69) is 192 Å². The van der Waals surface area contributed by atoms with E-state index < -0.39 is 0 Å². The summed E-state index contributed by atoms with van der Waals surface area (Å²) in [5.41, 5.74) is 8.63. The molecule has 1 aliphatic rings. The summed E-state index contributed by atoms with van der Waals surface area (Å²) < 4.78 is 6.68. The van der Waals surface area contributed by atoms with Gasteiger partial charge in [-0.15, -0.1) is 0 Å². The molecule has 0 atom stereocenters. The molecule has 1 aliphatic heterocycles. The van der Waals surface area contributed by atoms with Gasteiger partial charge >= 0.3 is 0 Å². The summed E-state index contributed by atoms with van der Waals surface area (Å²) in [5, 5.41) is 7.52. The van der Waals surface area contributed by atoms with Gasteiger partial charge in [-0.05, 0) is 104 Å². The fraction of sp³-hybridized carbons (Fsp3) is 0. The quantitative estimate of drug-likeness (QED) is 0.172. The molecule has 0 unspecified atom stereocenters. The van der Waals surface area contributed by atoms with E-state index in [1.165, 1.54) is 43.4 Å². The Bertz CT molecular complexity index is 2690. The fourth-order valence-corrected chi connectivity index (χ4v) is 7.66. The van der Waals surface area contributed by atoms with Gasteiger partial charge in [-0.2, -0.15) is 0 Å². The largest absolute Gasteiger partial charge is 0.453 e. The van der Waals surface area contributed by atoms with Crippen LogP contribution in [0.3, 0.4) is 0 Å². The molecular weight excluding hydrogens is 621 g/mol. The van der Waals surface area contributed by atoms with Crippen molar-refractivity contribution >= 4 is 66.4 Å².